The number of H-pyrrole nitrogens is 1. The number of nitrogens with one attached hydrogen (secondary N) is 3. The third-order valence-corrected chi connectivity index (χ3v) is 5.89. The van der Waals surface area contributed by atoms with E-state index in [1.165, 1.54) is 17.0 Å². The maximum Gasteiger partial charge on any atom is 0.267 e. The fourth-order valence-corrected chi connectivity index (χ4v) is 4.14. The number of benzene rings is 2. The van der Waals surface area contributed by atoms with Gasteiger partial charge in [0.15, 0.2) is 0 Å². The molecular formula is C25H28N4O3. The van der Waals surface area contributed by atoms with E-state index in [0.717, 1.165) is 42.5 Å². The zero-order valence-electron chi connectivity index (χ0n) is 17.9. The number of para-hydroxylation sites is 1. The van der Waals surface area contributed by atoms with Crippen LogP contribution in [0.1, 0.15) is 29.5 Å². The predicted octanol–water partition coefficient (Wildman–Crippen LogP) is 3.01. The molecule has 166 valence electrons. The first kappa shape index (κ1) is 21.8. The molecule has 1 aliphatic rings. The van der Waals surface area contributed by atoms with Crippen molar-refractivity contribution in [2.24, 2.45) is 0 Å². The second-order valence-electron chi connectivity index (χ2n) is 8.07. The van der Waals surface area contributed by atoms with E-state index in [0.29, 0.717) is 13.1 Å². The summed E-state index contributed by atoms with van der Waals surface area (Å²) >= 11 is 0. The van der Waals surface area contributed by atoms with Crippen LogP contribution in [0.3, 0.4) is 0 Å². The average molecular weight is 433 g/mol. The summed E-state index contributed by atoms with van der Waals surface area (Å²) in [4.78, 5) is 29.6. The van der Waals surface area contributed by atoms with Crippen LogP contribution in [0.15, 0.2) is 60.8 Å². The highest BCUT2D eigenvalue weighted by molar-refractivity contribution is 5.90. The van der Waals surface area contributed by atoms with Gasteiger partial charge >= 0.3 is 0 Å². The van der Waals surface area contributed by atoms with Gasteiger partial charge in [-0.2, -0.15) is 0 Å². The standard InChI is InChI=1S/C25H28N4O3/c30-24(28-32)12-11-18-7-9-19(10-8-18)17-29(25(31)23-6-3-14-26-23)15-13-20-16-27-22-5-2-1-4-21(20)22/h1-2,4-5,7-12,16,23,26-27,32H,3,6,13-15,17H2,(H,28,30). The molecular weight excluding hydrogens is 404 g/mol. The Morgan fingerprint density at radius 1 is 1.16 bits per heavy atom. The maximum absolute atomic E-state index is 13.2. The highest BCUT2D eigenvalue weighted by atomic mass is 16.5. The minimum atomic E-state index is -0.577. The Balaban J connectivity index is 1.47. The smallest absolute Gasteiger partial charge is 0.267 e. The van der Waals surface area contributed by atoms with Gasteiger partial charge in [0.25, 0.3) is 5.91 Å². The molecule has 0 radical (unpaired) electrons. The molecule has 2 heterocycles. The molecule has 1 saturated heterocycles. The van der Waals surface area contributed by atoms with Gasteiger partial charge in [0.05, 0.1) is 6.04 Å². The highest BCUT2D eigenvalue weighted by Gasteiger charge is 2.27. The molecule has 0 spiro atoms. The Kier molecular flexibility index (Phi) is 6.99. The van der Waals surface area contributed by atoms with Crippen molar-refractivity contribution >= 4 is 28.8 Å². The van der Waals surface area contributed by atoms with Crippen molar-refractivity contribution in [1.82, 2.24) is 20.7 Å². The second-order valence-corrected chi connectivity index (χ2v) is 8.07. The minimum absolute atomic E-state index is 0.114. The largest absolute Gasteiger partial charge is 0.361 e. The molecule has 1 fully saturated rings. The van der Waals surface area contributed by atoms with Crippen LogP contribution in [0.5, 0.6) is 0 Å². The van der Waals surface area contributed by atoms with E-state index < -0.39 is 5.91 Å². The van der Waals surface area contributed by atoms with E-state index in [1.807, 2.05) is 47.5 Å². The molecule has 1 aliphatic heterocycles. The van der Waals surface area contributed by atoms with Crippen molar-refractivity contribution in [3.05, 3.63) is 77.5 Å². The van der Waals surface area contributed by atoms with Crippen LogP contribution in [0.25, 0.3) is 17.0 Å². The van der Waals surface area contributed by atoms with Gasteiger partial charge in [0.2, 0.25) is 5.91 Å². The summed E-state index contributed by atoms with van der Waals surface area (Å²) in [6.07, 6.45) is 7.59. The van der Waals surface area contributed by atoms with Gasteiger partial charge < -0.3 is 15.2 Å². The number of aromatic nitrogens is 1. The van der Waals surface area contributed by atoms with E-state index in [-0.39, 0.29) is 11.9 Å². The van der Waals surface area contributed by atoms with Gasteiger partial charge in [-0.15, -0.1) is 0 Å². The fraction of sp³-hybridized carbons (Fsp3) is 0.280. The SMILES string of the molecule is O=C(C=Cc1ccc(CN(CCc2c[nH]c3ccccc23)C(=O)C2CCCN2)cc1)NO. The number of fused-ring (bicyclic) bond motifs is 1. The number of nitrogens with zero attached hydrogens (tertiary/aromatic N) is 1. The Morgan fingerprint density at radius 3 is 2.72 bits per heavy atom. The van der Waals surface area contributed by atoms with Gasteiger partial charge in [-0.1, -0.05) is 42.5 Å². The Labute approximate surface area is 187 Å². The summed E-state index contributed by atoms with van der Waals surface area (Å²) in [6, 6.07) is 15.8. The van der Waals surface area contributed by atoms with E-state index in [2.05, 4.69) is 22.4 Å². The number of hydrogen-bond acceptors (Lipinski definition) is 4. The van der Waals surface area contributed by atoms with E-state index in [1.54, 1.807) is 11.6 Å². The maximum atomic E-state index is 13.2. The van der Waals surface area contributed by atoms with Crippen molar-refractivity contribution in [3.63, 3.8) is 0 Å². The predicted molar refractivity (Wildman–Crippen MR) is 124 cm³/mol. The second kappa shape index (κ2) is 10.3. The summed E-state index contributed by atoms with van der Waals surface area (Å²) in [5.74, 6) is -0.432. The van der Waals surface area contributed by atoms with Crippen LogP contribution >= 0.6 is 0 Å². The molecule has 0 bridgehead atoms. The number of rotatable bonds is 8. The molecule has 2 amide bonds. The van der Waals surface area contributed by atoms with Crippen LogP contribution in [-0.2, 0) is 22.6 Å². The monoisotopic (exact) mass is 432 g/mol. The van der Waals surface area contributed by atoms with Gasteiger partial charge in [-0.05, 0) is 54.6 Å². The topological polar surface area (TPSA) is 97.5 Å². The first-order chi connectivity index (χ1) is 15.6. The summed E-state index contributed by atoms with van der Waals surface area (Å²) in [5, 5.41) is 13.1. The molecule has 0 aliphatic carbocycles. The molecule has 4 rings (SSSR count). The normalized spacial score (nSPS) is 16.0. The average Bonchev–Trinajstić information content (AvgIpc) is 3.51. The molecule has 2 aromatic carbocycles. The van der Waals surface area contributed by atoms with E-state index in [9.17, 15) is 9.59 Å². The third-order valence-electron chi connectivity index (χ3n) is 5.89. The van der Waals surface area contributed by atoms with Gasteiger partial charge in [0.1, 0.15) is 0 Å². The van der Waals surface area contributed by atoms with Crippen molar-refractivity contribution in [2.45, 2.75) is 31.8 Å². The zero-order valence-corrected chi connectivity index (χ0v) is 17.9. The fourth-order valence-electron chi connectivity index (χ4n) is 4.14. The molecule has 7 heteroatoms. The molecule has 0 saturated carbocycles. The number of carbonyl (C=O) groups is 2. The molecule has 3 aromatic rings. The zero-order chi connectivity index (χ0) is 22.3. The summed E-state index contributed by atoms with van der Waals surface area (Å²) in [5.41, 5.74) is 5.75. The molecule has 7 nitrogen and oxygen atoms in total. The summed E-state index contributed by atoms with van der Waals surface area (Å²) in [6.45, 7) is 2.05. The molecule has 1 atom stereocenters. The van der Waals surface area contributed by atoms with Crippen LogP contribution in [-0.4, -0.2) is 46.0 Å². The lowest BCUT2D eigenvalue weighted by Crippen LogP contribution is -2.44. The van der Waals surface area contributed by atoms with Crippen LogP contribution < -0.4 is 10.8 Å². The van der Waals surface area contributed by atoms with Crippen LogP contribution in [0, 0.1) is 0 Å². The lowest BCUT2D eigenvalue weighted by atomic mass is 10.1. The lowest BCUT2D eigenvalue weighted by molar-refractivity contribution is -0.133. The summed E-state index contributed by atoms with van der Waals surface area (Å²) in [7, 11) is 0. The van der Waals surface area contributed by atoms with Crippen molar-refractivity contribution in [2.75, 3.05) is 13.1 Å². The van der Waals surface area contributed by atoms with Gasteiger partial charge in [0, 0.05) is 36.3 Å². The van der Waals surface area contributed by atoms with E-state index >= 15 is 0 Å². The van der Waals surface area contributed by atoms with Gasteiger partial charge in [-0.3, -0.25) is 14.8 Å². The number of hydrogen-bond donors (Lipinski definition) is 4. The van der Waals surface area contributed by atoms with Crippen LogP contribution in [0.2, 0.25) is 0 Å². The molecule has 1 unspecified atom stereocenters. The quantitative estimate of drug-likeness (QED) is 0.250. The molecule has 32 heavy (non-hydrogen) atoms. The number of hydroxylamine groups is 1. The highest BCUT2D eigenvalue weighted by Crippen LogP contribution is 2.20. The van der Waals surface area contributed by atoms with Crippen molar-refractivity contribution in [3.8, 4) is 0 Å². The van der Waals surface area contributed by atoms with Crippen molar-refractivity contribution < 1.29 is 14.8 Å². The Hall–Kier alpha value is -3.42. The minimum Gasteiger partial charge on any atom is -0.361 e. The molecule has 4 N–H and O–H groups in total. The number of carbonyl (C=O) groups excluding carboxylic acids is 2. The summed E-state index contributed by atoms with van der Waals surface area (Å²) < 4.78 is 0. The van der Waals surface area contributed by atoms with Gasteiger partial charge in [-0.25, -0.2) is 5.48 Å². The Morgan fingerprint density at radius 2 is 1.97 bits per heavy atom. The first-order valence-electron chi connectivity index (χ1n) is 10.9. The third kappa shape index (κ3) is 5.25. The number of aromatic amines is 1. The first-order valence-corrected chi connectivity index (χ1v) is 10.9. The van der Waals surface area contributed by atoms with E-state index in [4.69, 9.17) is 5.21 Å². The molecule has 1 aromatic heterocycles. The van der Waals surface area contributed by atoms with Crippen molar-refractivity contribution in [1.29, 1.82) is 0 Å². The Bertz CT molecular complexity index is 1100. The van der Waals surface area contributed by atoms with Crippen LogP contribution in [0.4, 0.5) is 0 Å². The lowest BCUT2D eigenvalue weighted by Gasteiger charge is -2.26. The number of amides is 2.